The van der Waals surface area contributed by atoms with E-state index in [9.17, 15) is 13.4 Å². The molecule has 0 saturated heterocycles. The first kappa shape index (κ1) is 21.8. The summed E-state index contributed by atoms with van der Waals surface area (Å²) in [5.74, 6) is 11.7. The Kier molecular flexibility index (Phi) is 5.61. The van der Waals surface area contributed by atoms with Gasteiger partial charge in [0.05, 0.1) is 23.8 Å². The molecule has 1 aromatic heterocycles. The summed E-state index contributed by atoms with van der Waals surface area (Å²) in [7, 11) is 0.108. The number of nitrogens with zero attached hydrogens (tertiary/aromatic N) is 3. The Balaban J connectivity index is 2.02. The van der Waals surface area contributed by atoms with Crippen molar-refractivity contribution >= 4 is 39.4 Å². The molecule has 2 aromatic carbocycles. The van der Waals surface area contributed by atoms with E-state index >= 15 is 0 Å². The average Bonchev–Trinajstić information content (AvgIpc) is 3.11. The number of fused-ring (bicyclic) bond motifs is 2. The van der Waals surface area contributed by atoms with E-state index in [1.165, 1.54) is 24.2 Å². The normalized spacial score (nSPS) is 18.5. The minimum absolute atomic E-state index is 0.132. The highest BCUT2D eigenvalue weighted by Gasteiger charge is 2.32. The second-order valence-electron chi connectivity index (χ2n) is 7.39. The van der Waals surface area contributed by atoms with Crippen molar-refractivity contribution < 1.29 is 17.8 Å². The maximum atomic E-state index is 13.5. The largest absolute Gasteiger partial charge is 0.455 e. The zero-order chi connectivity index (χ0) is 23.2. The second kappa shape index (κ2) is 8.24. The minimum atomic E-state index is -1.42. The summed E-state index contributed by atoms with van der Waals surface area (Å²) in [6.07, 6.45) is 1.54. The van der Waals surface area contributed by atoms with Gasteiger partial charge in [-0.1, -0.05) is 0 Å². The molecule has 3 aromatic rings. The van der Waals surface area contributed by atoms with Gasteiger partial charge in [-0.25, -0.2) is 14.4 Å². The third kappa shape index (κ3) is 3.49. The van der Waals surface area contributed by atoms with Crippen molar-refractivity contribution in [2.75, 3.05) is 24.2 Å². The number of nitrogens with one attached hydrogen (secondary N) is 1. The molecular weight excluding hydrogens is 435 g/mol. The lowest BCUT2D eigenvalue weighted by molar-refractivity contribution is 0.0964. The summed E-state index contributed by atoms with van der Waals surface area (Å²) >= 11 is 0. The molecule has 1 aliphatic heterocycles. The third-order valence-corrected chi connectivity index (χ3v) is 6.52. The first-order chi connectivity index (χ1) is 15.3. The second-order valence-corrected chi connectivity index (χ2v) is 8.68. The molecule has 9 nitrogen and oxygen atoms in total. The number of halogens is 1. The van der Waals surface area contributed by atoms with E-state index in [1.807, 2.05) is 6.92 Å². The van der Waals surface area contributed by atoms with Crippen LogP contribution in [0.3, 0.4) is 0 Å². The molecule has 5 N–H and O–H groups in total. The predicted octanol–water partition coefficient (Wildman–Crippen LogP) is 2.22. The smallest absolute Gasteiger partial charge is 0.255 e. The fourth-order valence-corrected chi connectivity index (χ4v) is 4.59. The molecule has 4 rings (SSSR count). The number of hydrogen-bond acceptors (Lipinski definition) is 6. The Morgan fingerprint density at radius 1 is 1.31 bits per heavy atom. The van der Waals surface area contributed by atoms with Crippen LogP contribution < -0.4 is 21.3 Å². The van der Waals surface area contributed by atoms with Gasteiger partial charge in [0.2, 0.25) is 0 Å². The van der Waals surface area contributed by atoms with E-state index in [2.05, 4.69) is 10.4 Å². The fraction of sp³-hybridized carbons (Fsp3) is 0.238. The number of amidine groups is 1. The lowest BCUT2D eigenvalue weighted by Gasteiger charge is -2.24. The number of rotatable bonds is 3. The van der Waals surface area contributed by atoms with Crippen LogP contribution in [-0.2, 0) is 11.0 Å². The summed E-state index contributed by atoms with van der Waals surface area (Å²) < 4.78 is 33.7. The van der Waals surface area contributed by atoms with Crippen LogP contribution in [0.5, 0.6) is 0 Å². The zero-order valence-electron chi connectivity index (χ0n) is 17.8. The summed E-state index contributed by atoms with van der Waals surface area (Å²) in [4.78, 5) is 12.8. The standard InChI is InChI=1S/C21H23FN6O3S/c1-11-14-8-15-17(9-16(14)27(32(3)30)10-18(26-23)28(11)24)31-20(19(15)21(29)25-2)12-4-6-13(22)7-5-12/h4-9,11H,10,23-24H2,1-3H3,(H,25,29)/b26-18-. The molecule has 2 unspecified atom stereocenters. The van der Waals surface area contributed by atoms with Crippen LogP contribution in [0.2, 0.25) is 0 Å². The Bertz CT molecular complexity index is 1260. The number of furan rings is 1. The van der Waals surface area contributed by atoms with Gasteiger partial charge in [0.1, 0.15) is 28.1 Å². The van der Waals surface area contributed by atoms with Gasteiger partial charge < -0.3 is 15.6 Å². The summed E-state index contributed by atoms with van der Waals surface area (Å²) in [5, 5.41) is 8.36. The summed E-state index contributed by atoms with van der Waals surface area (Å²) in [6.45, 7) is 1.99. The number of carbonyl (C=O) groups excluding carboxylic acids is 1. The summed E-state index contributed by atoms with van der Waals surface area (Å²) in [5.41, 5.74) is 2.64. The summed E-state index contributed by atoms with van der Waals surface area (Å²) in [6, 6.07) is 8.85. The quantitative estimate of drug-likeness (QED) is 0.408. The molecule has 11 heteroatoms. The minimum Gasteiger partial charge on any atom is -0.455 e. The molecule has 0 bridgehead atoms. The maximum absolute atomic E-state index is 13.5. The molecule has 0 spiro atoms. The molecule has 2 heterocycles. The van der Waals surface area contributed by atoms with Crippen LogP contribution in [0.15, 0.2) is 45.9 Å². The van der Waals surface area contributed by atoms with Gasteiger partial charge in [-0.2, -0.15) is 5.10 Å². The van der Waals surface area contributed by atoms with Gasteiger partial charge in [0.15, 0.2) is 5.84 Å². The van der Waals surface area contributed by atoms with Crippen molar-refractivity contribution in [3.8, 4) is 11.3 Å². The zero-order valence-corrected chi connectivity index (χ0v) is 18.6. The van der Waals surface area contributed by atoms with E-state index in [0.717, 1.165) is 5.56 Å². The van der Waals surface area contributed by atoms with E-state index < -0.39 is 16.8 Å². The Morgan fingerprint density at radius 2 is 2.00 bits per heavy atom. The number of carbonyl (C=O) groups is 1. The molecule has 168 valence electrons. The van der Waals surface area contributed by atoms with Crippen LogP contribution in [0, 0.1) is 5.82 Å². The van der Waals surface area contributed by atoms with E-state index in [0.29, 0.717) is 39.4 Å². The van der Waals surface area contributed by atoms with Crippen molar-refractivity contribution in [3.05, 3.63) is 53.3 Å². The van der Waals surface area contributed by atoms with Gasteiger partial charge in [-0.05, 0) is 37.3 Å². The molecule has 2 atom stereocenters. The van der Waals surface area contributed by atoms with Crippen molar-refractivity contribution in [1.29, 1.82) is 0 Å². The van der Waals surface area contributed by atoms with Crippen LogP contribution >= 0.6 is 0 Å². The predicted molar refractivity (Wildman–Crippen MR) is 122 cm³/mol. The van der Waals surface area contributed by atoms with Gasteiger partial charge >= 0.3 is 0 Å². The number of benzene rings is 2. The highest BCUT2D eigenvalue weighted by Crippen LogP contribution is 2.41. The van der Waals surface area contributed by atoms with Gasteiger partial charge in [-0.15, -0.1) is 0 Å². The Morgan fingerprint density at radius 3 is 2.59 bits per heavy atom. The molecule has 1 amide bonds. The molecule has 32 heavy (non-hydrogen) atoms. The van der Waals surface area contributed by atoms with Gasteiger partial charge in [-0.3, -0.25) is 14.1 Å². The lowest BCUT2D eigenvalue weighted by atomic mass is 9.99. The third-order valence-electron chi connectivity index (χ3n) is 5.58. The van der Waals surface area contributed by atoms with E-state index in [1.54, 1.807) is 34.8 Å². The van der Waals surface area contributed by atoms with Crippen LogP contribution in [-0.4, -0.2) is 40.8 Å². The van der Waals surface area contributed by atoms with Crippen molar-refractivity contribution in [1.82, 2.24) is 10.3 Å². The lowest BCUT2D eigenvalue weighted by Crippen LogP contribution is -2.43. The van der Waals surface area contributed by atoms with E-state index in [4.69, 9.17) is 16.1 Å². The molecule has 0 aliphatic carbocycles. The fourth-order valence-electron chi connectivity index (χ4n) is 3.86. The number of hydrazine groups is 1. The van der Waals surface area contributed by atoms with Crippen molar-refractivity contribution in [2.45, 2.75) is 13.0 Å². The number of hydrogen-bond donors (Lipinski definition) is 3. The average molecular weight is 459 g/mol. The molecule has 1 aliphatic rings. The van der Waals surface area contributed by atoms with Crippen molar-refractivity contribution in [2.24, 2.45) is 16.8 Å². The first-order valence-corrected chi connectivity index (χ1v) is 11.3. The maximum Gasteiger partial charge on any atom is 0.255 e. The Labute approximate surface area is 186 Å². The number of nitrogens with two attached hydrogens (primary N) is 2. The molecule has 0 saturated carbocycles. The number of amides is 1. The van der Waals surface area contributed by atoms with E-state index in [-0.39, 0.29) is 18.5 Å². The monoisotopic (exact) mass is 458 g/mol. The highest BCUT2D eigenvalue weighted by molar-refractivity contribution is 7.85. The first-order valence-electron chi connectivity index (χ1n) is 9.77. The Hall–Kier alpha value is -3.44. The number of anilines is 1. The van der Waals surface area contributed by atoms with Gasteiger partial charge in [0.25, 0.3) is 5.91 Å². The van der Waals surface area contributed by atoms with Gasteiger partial charge in [0, 0.05) is 35.9 Å². The van der Waals surface area contributed by atoms with Crippen LogP contribution in [0.1, 0.15) is 28.9 Å². The topological polar surface area (TPSA) is 130 Å². The SMILES string of the molecule is CNC(=O)c1c(-c2ccc(F)cc2)oc2cc3c(cc12)C(C)N(N)/C(=N\N)CN3S(C)=O. The molecule has 0 fully saturated rings. The van der Waals surface area contributed by atoms with Crippen LogP contribution in [0.4, 0.5) is 10.1 Å². The van der Waals surface area contributed by atoms with Crippen LogP contribution in [0.25, 0.3) is 22.3 Å². The highest BCUT2D eigenvalue weighted by atomic mass is 32.2. The molecular formula is C21H23FN6O3S. The molecule has 0 radical (unpaired) electrons. The van der Waals surface area contributed by atoms with Crippen molar-refractivity contribution in [3.63, 3.8) is 0 Å². The number of hydrazone groups is 1.